The van der Waals surface area contributed by atoms with E-state index in [1.165, 1.54) is 0 Å². The summed E-state index contributed by atoms with van der Waals surface area (Å²) in [5.74, 6) is -1.25. The lowest BCUT2D eigenvalue weighted by Crippen LogP contribution is -2.47. The van der Waals surface area contributed by atoms with Gasteiger partial charge < -0.3 is 15.3 Å². The second kappa shape index (κ2) is 8.18. The minimum Gasteiger partial charge on any atom is -0.481 e. The van der Waals surface area contributed by atoms with Gasteiger partial charge in [0.15, 0.2) is 0 Å². The molecule has 140 valence electrons. The van der Waals surface area contributed by atoms with Gasteiger partial charge in [-0.3, -0.25) is 24.6 Å². The van der Waals surface area contributed by atoms with Crippen LogP contribution in [0.15, 0.2) is 24.3 Å². The summed E-state index contributed by atoms with van der Waals surface area (Å²) >= 11 is 0. The van der Waals surface area contributed by atoms with Crippen LogP contribution in [0.5, 0.6) is 0 Å². The molecular weight excluding hydrogens is 336 g/mol. The van der Waals surface area contributed by atoms with Gasteiger partial charge in [-0.25, -0.2) is 0 Å². The average molecular weight is 360 g/mol. The number of anilines is 2. The van der Waals surface area contributed by atoms with Crippen LogP contribution < -0.4 is 15.5 Å². The number of carboxylic acid groups (broad SMARTS) is 1. The molecule has 1 atom stereocenters. The van der Waals surface area contributed by atoms with Crippen molar-refractivity contribution in [3.63, 3.8) is 0 Å². The molecule has 2 heterocycles. The number of rotatable bonds is 6. The molecule has 0 radical (unpaired) electrons. The number of hydrogen-bond acceptors (Lipinski definition) is 6. The van der Waals surface area contributed by atoms with Crippen molar-refractivity contribution in [1.29, 1.82) is 0 Å². The predicted molar refractivity (Wildman–Crippen MR) is 97.1 cm³/mol. The standard InChI is InChI=1S/C18H24N4O4/c23-16-6-5-15(18(26)20-16)19-13-1-3-14(4-2-13)22-11-9-21(10-12-22)8-7-17(24)25/h1-4,15,19H,5-12H2,(H,24,25)(H,20,23,26). The zero-order valence-corrected chi connectivity index (χ0v) is 14.6. The number of carbonyl (C=O) groups excluding carboxylic acids is 2. The van der Waals surface area contributed by atoms with E-state index in [0.29, 0.717) is 19.4 Å². The Morgan fingerprint density at radius 1 is 1.15 bits per heavy atom. The normalized spacial score (nSPS) is 21.4. The van der Waals surface area contributed by atoms with Crippen LogP contribution in [0.2, 0.25) is 0 Å². The summed E-state index contributed by atoms with van der Waals surface area (Å²) in [7, 11) is 0. The Balaban J connectivity index is 1.50. The molecule has 1 aromatic rings. The molecule has 1 unspecified atom stereocenters. The molecule has 26 heavy (non-hydrogen) atoms. The third-order valence-corrected chi connectivity index (χ3v) is 4.83. The second-order valence-electron chi connectivity index (χ2n) is 6.67. The van der Waals surface area contributed by atoms with Crippen LogP contribution in [0.4, 0.5) is 11.4 Å². The van der Waals surface area contributed by atoms with E-state index in [1.807, 2.05) is 24.3 Å². The molecule has 0 saturated carbocycles. The van der Waals surface area contributed by atoms with E-state index in [2.05, 4.69) is 20.4 Å². The summed E-state index contributed by atoms with van der Waals surface area (Å²) in [6, 6.07) is 7.53. The summed E-state index contributed by atoms with van der Waals surface area (Å²) in [6.45, 7) is 4.02. The lowest BCUT2D eigenvalue weighted by molar-refractivity contribution is -0.137. The van der Waals surface area contributed by atoms with Gasteiger partial charge in [-0.05, 0) is 30.7 Å². The third kappa shape index (κ3) is 4.72. The first-order chi connectivity index (χ1) is 12.5. The van der Waals surface area contributed by atoms with Gasteiger partial charge in [-0.1, -0.05) is 0 Å². The van der Waals surface area contributed by atoms with Crippen LogP contribution in [0.25, 0.3) is 0 Å². The minimum atomic E-state index is -0.758. The quantitative estimate of drug-likeness (QED) is 0.635. The molecule has 0 aliphatic carbocycles. The van der Waals surface area contributed by atoms with Crippen molar-refractivity contribution in [3.05, 3.63) is 24.3 Å². The van der Waals surface area contributed by atoms with Gasteiger partial charge in [-0.15, -0.1) is 0 Å². The first kappa shape index (κ1) is 18.2. The van der Waals surface area contributed by atoms with Gasteiger partial charge >= 0.3 is 5.97 Å². The number of piperidine rings is 1. The number of nitrogens with one attached hydrogen (secondary N) is 2. The Labute approximate surface area is 152 Å². The molecule has 0 spiro atoms. The fourth-order valence-electron chi connectivity index (χ4n) is 3.28. The van der Waals surface area contributed by atoms with E-state index in [-0.39, 0.29) is 24.3 Å². The zero-order chi connectivity index (χ0) is 18.5. The highest BCUT2D eigenvalue weighted by atomic mass is 16.4. The van der Waals surface area contributed by atoms with Crippen LogP contribution in [0.1, 0.15) is 19.3 Å². The highest BCUT2D eigenvalue weighted by molar-refractivity contribution is 6.01. The molecule has 8 heteroatoms. The third-order valence-electron chi connectivity index (χ3n) is 4.83. The van der Waals surface area contributed by atoms with Crippen LogP contribution in [-0.4, -0.2) is 66.6 Å². The minimum absolute atomic E-state index is 0.181. The van der Waals surface area contributed by atoms with E-state index in [1.54, 1.807) is 0 Å². The van der Waals surface area contributed by atoms with Gasteiger partial charge in [0, 0.05) is 50.5 Å². The van der Waals surface area contributed by atoms with E-state index in [9.17, 15) is 14.4 Å². The van der Waals surface area contributed by atoms with Crippen LogP contribution in [-0.2, 0) is 14.4 Å². The Morgan fingerprint density at radius 3 is 2.46 bits per heavy atom. The van der Waals surface area contributed by atoms with Crippen molar-refractivity contribution in [1.82, 2.24) is 10.2 Å². The number of carbonyl (C=O) groups is 3. The number of aliphatic carboxylic acids is 1. The van der Waals surface area contributed by atoms with Crippen molar-refractivity contribution in [3.8, 4) is 0 Å². The molecule has 1 aromatic carbocycles. The average Bonchev–Trinajstić information content (AvgIpc) is 2.63. The molecule has 8 nitrogen and oxygen atoms in total. The number of benzene rings is 1. The molecular formula is C18H24N4O4. The molecule has 2 fully saturated rings. The molecule has 2 amide bonds. The number of amides is 2. The maximum atomic E-state index is 11.8. The number of carboxylic acids is 1. The predicted octanol–water partition coefficient (Wildman–Crippen LogP) is 0.500. The van der Waals surface area contributed by atoms with Gasteiger partial charge in [0.25, 0.3) is 0 Å². The Morgan fingerprint density at radius 2 is 1.85 bits per heavy atom. The number of hydrogen-bond donors (Lipinski definition) is 3. The summed E-state index contributed by atoms with van der Waals surface area (Å²) in [6.07, 6.45) is 1.04. The maximum Gasteiger partial charge on any atom is 0.304 e. The van der Waals surface area contributed by atoms with Gasteiger partial charge in [0.1, 0.15) is 6.04 Å². The van der Waals surface area contributed by atoms with E-state index in [4.69, 9.17) is 5.11 Å². The number of piperazine rings is 1. The summed E-state index contributed by atoms with van der Waals surface area (Å²) in [5, 5.41) is 14.3. The Hall–Kier alpha value is -2.61. The smallest absolute Gasteiger partial charge is 0.304 e. The van der Waals surface area contributed by atoms with Crippen LogP contribution in [0, 0.1) is 0 Å². The van der Waals surface area contributed by atoms with E-state index < -0.39 is 5.97 Å². The highest BCUT2D eigenvalue weighted by Crippen LogP contribution is 2.21. The van der Waals surface area contributed by atoms with Crippen LogP contribution in [0.3, 0.4) is 0 Å². The van der Waals surface area contributed by atoms with Crippen LogP contribution >= 0.6 is 0 Å². The molecule has 3 rings (SSSR count). The lowest BCUT2D eigenvalue weighted by atomic mass is 10.1. The van der Waals surface area contributed by atoms with Crippen molar-refractivity contribution >= 4 is 29.2 Å². The van der Waals surface area contributed by atoms with Crippen molar-refractivity contribution in [2.45, 2.75) is 25.3 Å². The topological polar surface area (TPSA) is 102 Å². The Kier molecular flexibility index (Phi) is 5.72. The summed E-state index contributed by atoms with van der Waals surface area (Å²) in [4.78, 5) is 38.1. The fraction of sp³-hybridized carbons (Fsp3) is 0.500. The summed E-state index contributed by atoms with van der Waals surface area (Å²) < 4.78 is 0. The molecule has 0 aromatic heterocycles. The van der Waals surface area contributed by atoms with E-state index >= 15 is 0 Å². The van der Waals surface area contributed by atoms with Gasteiger partial charge in [0.05, 0.1) is 6.42 Å². The number of nitrogens with zero attached hydrogens (tertiary/aromatic N) is 2. The second-order valence-corrected chi connectivity index (χ2v) is 6.67. The van der Waals surface area contributed by atoms with Crippen molar-refractivity contribution < 1.29 is 19.5 Å². The molecule has 2 aliphatic rings. The first-order valence-corrected chi connectivity index (χ1v) is 8.90. The fourth-order valence-corrected chi connectivity index (χ4v) is 3.28. The van der Waals surface area contributed by atoms with Gasteiger partial charge in [-0.2, -0.15) is 0 Å². The van der Waals surface area contributed by atoms with Gasteiger partial charge in [0.2, 0.25) is 11.8 Å². The number of imide groups is 1. The highest BCUT2D eigenvalue weighted by Gasteiger charge is 2.26. The molecule has 0 bridgehead atoms. The van der Waals surface area contributed by atoms with Crippen molar-refractivity contribution in [2.75, 3.05) is 42.9 Å². The summed E-state index contributed by atoms with van der Waals surface area (Å²) in [5.41, 5.74) is 1.96. The van der Waals surface area contributed by atoms with Crippen molar-refractivity contribution in [2.24, 2.45) is 0 Å². The zero-order valence-electron chi connectivity index (χ0n) is 14.6. The Bertz CT molecular complexity index is 668. The molecule has 2 aliphatic heterocycles. The monoisotopic (exact) mass is 360 g/mol. The lowest BCUT2D eigenvalue weighted by Gasteiger charge is -2.36. The maximum absolute atomic E-state index is 11.8. The largest absolute Gasteiger partial charge is 0.481 e. The SMILES string of the molecule is O=C(O)CCN1CCN(c2ccc(NC3CCC(=O)NC3=O)cc2)CC1. The molecule has 3 N–H and O–H groups in total. The molecule has 2 saturated heterocycles. The van der Waals surface area contributed by atoms with E-state index in [0.717, 1.165) is 37.6 Å². The first-order valence-electron chi connectivity index (χ1n) is 8.90.